The first-order valence-electron chi connectivity index (χ1n) is 7.18. The van der Waals surface area contributed by atoms with Gasteiger partial charge in [0.2, 0.25) is 5.52 Å². The molecule has 1 heterocycles. The third-order valence-corrected chi connectivity index (χ3v) is 4.36. The molecule has 0 bridgehead atoms. The van der Waals surface area contributed by atoms with E-state index in [1.165, 1.54) is 12.1 Å². The van der Waals surface area contributed by atoms with Gasteiger partial charge in [0.05, 0.1) is 10.3 Å². The van der Waals surface area contributed by atoms with Gasteiger partial charge >= 0.3 is 0 Å². The minimum absolute atomic E-state index is 0.178. The fourth-order valence-corrected chi connectivity index (χ4v) is 2.66. The number of pyridine rings is 1. The summed E-state index contributed by atoms with van der Waals surface area (Å²) in [5, 5.41) is 1.00. The largest absolute Gasteiger partial charge is 0.744 e. The highest BCUT2D eigenvalue weighted by atomic mass is 32.2. The molecule has 0 spiro atoms. The minimum atomic E-state index is -4.27. The summed E-state index contributed by atoms with van der Waals surface area (Å²) in [6, 6.07) is 15.5. The summed E-state index contributed by atoms with van der Waals surface area (Å²) >= 11 is 0. The molecule has 6 heteroatoms. The Kier molecular flexibility index (Phi) is 5.43. The smallest absolute Gasteiger partial charge is 0.212 e. The van der Waals surface area contributed by atoms with E-state index in [9.17, 15) is 17.8 Å². The lowest BCUT2D eigenvalue weighted by Gasteiger charge is -2.05. The van der Waals surface area contributed by atoms with Crippen LogP contribution in [0.5, 0.6) is 0 Å². The molecule has 0 aliphatic heterocycles. The summed E-state index contributed by atoms with van der Waals surface area (Å²) in [4.78, 5) is 10.5. The summed E-state index contributed by atoms with van der Waals surface area (Å²) < 4.78 is 33.2. The maximum Gasteiger partial charge on any atom is 0.212 e. The topological polar surface area (TPSA) is 78.1 Å². The van der Waals surface area contributed by atoms with Crippen LogP contribution < -0.4 is 4.57 Å². The van der Waals surface area contributed by atoms with Crippen molar-refractivity contribution in [1.82, 2.24) is 0 Å². The molecule has 0 amide bonds. The first-order chi connectivity index (χ1) is 11.3. The average Bonchev–Trinajstić information content (AvgIpc) is 2.56. The van der Waals surface area contributed by atoms with Gasteiger partial charge in [0.15, 0.2) is 12.5 Å². The lowest BCUT2D eigenvalue weighted by atomic mass is 10.1. The summed E-state index contributed by atoms with van der Waals surface area (Å²) in [5.41, 5.74) is 2.75. The Labute approximate surface area is 140 Å². The number of hydrogen-bond donors (Lipinski definition) is 0. The van der Waals surface area contributed by atoms with Gasteiger partial charge in [0.1, 0.15) is 17.2 Å². The molecule has 0 saturated carbocycles. The number of carbonyl (C=O) groups is 1. The van der Waals surface area contributed by atoms with E-state index in [0.29, 0.717) is 0 Å². The standard InChI is InChI=1S/C11H10NO.C7H8O3S/c1-12-7-6-9(8-13)10-4-2-3-5-11(10)12;1-6-2-4-7(5-3-6)11(8,9)10/h2-8H,1H3;2-5H,1H3,(H,8,9,10)/q+1;/p-1. The Morgan fingerprint density at radius 2 is 1.62 bits per heavy atom. The molecular weight excluding hydrogens is 326 g/mol. The molecule has 3 rings (SSSR count). The Morgan fingerprint density at radius 1 is 1.00 bits per heavy atom. The average molecular weight is 343 g/mol. The van der Waals surface area contributed by atoms with Crippen molar-refractivity contribution in [1.29, 1.82) is 0 Å². The van der Waals surface area contributed by atoms with Crippen molar-refractivity contribution in [3.63, 3.8) is 0 Å². The van der Waals surface area contributed by atoms with Crippen LogP contribution >= 0.6 is 0 Å². The first kappa shape index (κ1) is 17.8. The van der Waals surface area contributed by atoms with Crippen molar-refractivity contribution >= 4 is 27.3 Å². The Bertz CT molecular complexity index is 964. The molecule has 0 atom stereocenters. The lowest BCUT2D eigenvalue weighted by molar-refractivity contribution is -0.644. The van der Waals surface area contributed by atoms with Crippen molar-refractivity contribution in [2.45, 2.75) is 11.8 Å². The van der Waals surface area contributed by atoms with Crippen LogP contribution in [0.4, 0.5) is 0 Å². The SMILES string of the molecule is C[n+]1ccc(C=O)c2ccccc21.Cc1ccc(S(=O)(=O)[O-])cc1. The van der Waals surface area contributed by atoms with Gasteiger partial charge in [-0.1, -0.05) is 29.8 Å². The monoisotopic (exact) mass is 343 g/mol. The number of hydrogen-bond acceptors (Lipinski definition) is 4. The summed E-state index contributed by atoms with van der Waals surface area (Å²) in [7, 11) is -2.30. The van der Waals surface area contributed by atoms with Crippen LogP contribution in [0.25, 0.3) is 10.9 Å². The van der Waals surface area contributed by atoms with Gasteiger partial charge < -0.3 is 4.55 Å². The molecule has 0 radical (unpaired) electrons. The van der Waals surface area contributed by atoms with Crippen LogP contribution in [0.1, 0.15) is 15.9 Å². The highest BCUT2D eigenvalue weighted by molar-refractivity contribution is 7.85. The highest BCUT2D eigenvalue weighted by Gasteiger charge is 2.06. The van der Waals surface area contributed by atoms with E-state index < -0.39 is 10.1 Å². The zero-order valence-electron chi connectivity index (χ0n) is 13.3. The van der Waals surface area contributed by atoms with Crippen molar-refractivity contribution < 1.29 is 22.3 Å². The van der Waals surface area contributed by atoms with Gasteiger partial charge in [-0.05, 0) is 25.1 Å². The van der Waals surface area contributed by atoms with Gasteiger partial charge in [0.25, 0.3) is 0 Å². The number of aromatic nitrogens is 1. The van der Waals surface area contributed by atoms with E-state index in [0.717, 1.165) is 28.3 Å². The van der Waals surface area contributed by atoms with Gasteiger partial charge in [-0.3, -0.25) is 4.79 Å². The zero-order chi connectivity index (χ0) is 17.7. The molecule has 24 heavy (non-hydrogen) atoms. The summed E-state index contributed by atoms with van der Waals surface area (Å²) in [6.45, 7) is 1.82. The molecule has 1 aromatic heterocycles. The van der Waals surface area contributed by atoms with E-state index in [4.69, 9.17) is 0 Å². The van der Waals surface area contributed by atoms with Gasteiger partial charge in [-0.25, -0.2) is 13.0 Å². The van der Waals surface area contributed by atoms with Crippen LogP contribution in [0, 0.1) is 6.92 Å². The number of para-hydroxylation sites is 1. The second-order valence-corrected chi connectivity index (χ2v) is 6.66. The number of aryl methyl sites for hydroxylation is 2. The number of nitrogens with zero attached hydrogens (tertiary/aromatic N) is 1. The Morgan fingerprint density at radius 3 is 2.21 bits per heavy atom. The summed E-state index contributed by atoms with van der Waals surface area (Å²) in [6.07, 6.45) is 2.79. The maximum atomic E-state index is 10.7. The normalized spacial score (nSPS) is 10.8. The molecule has 0 fully saturated rings. The Hall–Kier alpha value is -2.57. The summed E-state index contributed by atoms with van der Waals surface area (Å²) in [5.74, 6) is 0. The quantitative estimate of drug-likeness (QED) is 0.406. The fourth-order valence-electron chi connectivity index (χ4n) is 2.20. The number of fused-ring (bicyclic) bond motifs is 1. The second-order valence-electron chi connectivity index (χ2n) is 5.28. The van der Waals surface area contributed by atoms with Crippen molar-refractivity contribution in [2.75, 3.05) is 0 Å². The Balaban J connectivity index is 0.000000177. The number of aldehydes is 1. The second kappa shape index (κ2) is 7.33. The maximum absolute atomic E-state index is 10.7. The van der Waals surface area contributed by atoms with E-state index in [-0.39, 0.29) is 4.90 Å². The molecule has 0 N–H and O–H groups in total. The third kappa shape index (κ3) is 4.24. The van der Waals surface area contributed by atoms with E-state index >= 15 is 0 Å². The number of benzene rings is 2. The number of carbonyl (C=O) groups excluding carboxylic acids is 1. The van der Waals surface area contributed by atoms with E-state index in [2.05, 4.69) is 0 Å². The number of rotatable bonds is 2. The van der Waals surface area contributed by atoms with Crippen molar-refractivity contribution in [3.8, 4) is 0 Å². The third-order valence-electron chi connectivity index (χ3n) is 3.51. The van der Waals surface area contributed by atoms with Crippen molar-refractivity contribution in [2.24, 2.45) is 7.05 Å². The molecule has 124 valence electrons. The van der Waals surface area contributed by atoms with Crippen LogP contribution in [0.3, 0.4) is 0 Å². The lowest BCUT2D eigenvalue weighted by Crippen LogP contribution is -2.28. The molecule has 0 aliphatic carbocycles. The van der Waals surface area contributed by atoms with E-state index in [1.54, 1.807) is 12.1 Å². The molecule has 5 nitrogen and oxygen atoms in total. The molecular formula is C18H17NO4S. The predicted molar refractivity (Wildman–Crippen MR) is 89.7 cm³/mol. The molecule has 0 unspecified atom stereocenters. The van der Waals surface area contributed by atoms with Crippen molar-refractivity contribution in [3.05, 3.63) is 71.9 Å². The molecule has 0 saturated heterocycles. The minimum Gasteiger partial charge on any atom is -0.744 e. The molecule has 3 aromatic rings. The predicted octanol–water partition coefficient (Wildman–Crippen LogP) is 2.38. The first-order valence-corrected chi connectivity index (χ1v) is 8.59. The van der Waals surface area contributed by atoms with Crippen LogP contribution in [0.2, 0.25) is 0 Å². The van der Waals surface area contributed by atoms with Gasteiger partial charge in [0, 0.05) is 17.7 Å². The van der Waals surface area contributed by atoms with Gasteiger partial charge in [-0.2, -0.15) is 0 Å². The highest BCUT2D eigenvalue weighted by Crippen LogP contribution is 2.12. The zero-order valence-corrected chi connectivity index (χ0v) is 14.2. The fraction of sp³-hybridized carbons (Fsp3) is 0.111. The van der Waals surface area contributed by atoms with Crippen LogP contribution in [-0.2, 0) is 17.2 Å². The molecule has 0 aliphatic rings. The van der Waals surface area contributed by atoms with Crippen LogP contribution in [-0.4, -0.2) is 19.3 Å². The molecule has 2 aromatic carbocycles. The van der Waals surface area contributed by atoms with Crippen LogP contribution in [0.15, 0.2) is 65.7 Å². The van der Waals surface area contributed by atoms with Gasteiger partial charge in [-0.15, -0.1) is 0 Å². The van der Waals surface area contributed by atoms with E-state index in [1.807, 2.05) is 55.1 Å².